The predicted molar refractivity (Wildman–Crippen MR) is 70.9 cm³/mol. The molecule has 0 aromatic heterocycles. The van der Waals surface area contributed by atoms with Crippen LogP contribution in [0.25, 0.3) is 0 Å². The van der Waals surface area contributed by atoms with E-state index in [0.29, 0.717) is 6.61 Å². The van der Waals surface area contributed by atoms with E-state index in [1.807, 2.05) is 20.8 Å². The van der Waals surface area contributed by atoms with Crippen LogP contribution >= 0.6 is 11.8 Å². The smallest absolute Gasteiger partial charge is 0.326 e. The van der Waals surface area contributed by atoms with Gasteiger partial charge in [-0.15, -0.1) is 0 Å². The first-order valence-corrected chi connectivity index (χ1v) is 6.80. The second kappa shape index (κ2) is 6.50. The third-order valence-corrected chi connectivity index (χ3v) is 3.67. The molecule has 0 aromatic rings. The molecule has 0 bridgehead atoms. The molecule has 0 aromatic carbocycles. The van der Waals surface area contributed by atoms with Gasteiger partial charge < -0.3 is 10.1 Å². The van der Waals surface area contributed by atoms with Crippen LogP contribution in [0.4, 0.5) is 0 Å². The van der Waals surface area contributed by atoms with Gasteiger partial charge in [0, 0.05) is 10.5 Å². The Kier molecular flexibility index (Phi) is 6.41. The number of carbonyl (C=O) groups excluding carboxylic acids is 1. The first-order valence-electron chi connectivity index (χ1n) is 5.81. The van der Waals surface area contributed by atoms with E-state index >= 15 is 0 Å². The molecule has 0 aliphatic heterocycles. The van der Waals surface area contributed by atoms with E-state index in [1.165, 1.54) is 0 Å². The van der Waals surface area contributed by atoms with Crippen molar-refractivity contribution in [3.8, 4) is 0 Å². The van der Waals surface area contributed by atoms with Crippen molar-refractivity contribution < 1.29 is 9.53 Å². The Bertz CT molecular complexity index is 226. The topological polar surface area (TPSA) is 38.3 Å². The maximum atomic E-state index is 11.9. The molecule has 3 nitrogen and oxygen atoms in total. The van der Waals surface area contributed by atoms with E-state index < -0.39 is 5.54 Å². The predicted octanol–water partition coefficient (Wildman–Crippen LogP) is 2.45. The fourth-order valence-electron chi connectivity index (χ4n) is 1.22. The summed E-state index contributed by atoms with van der Waals surface area (Å²) in [5, 5.41) is 3.22. The molecule has 0 fully saturated rings. The molecule has 1 unspecified atom stereocenters. The molecule has 0 saturated heterocycles. The highest BCUT2D eigenvalue weighted by Gasteiger charge is 2.35. The Morgan fingerprint density at radius 3 is 2.19 bits per heavy atom. The van der Waals surface area contributed by atoms with E-state index in [4.69, 9.17) is 4.74 Å². The standard InChI is InChI=1S/C12H25NO2S/c1-7-13-12(6,10(14)15-8-2)9-16-11(3,4)5/h13H,7-9H2,1-6H3. The number of rotatable bonds is 6. The second-order valence-corrected chi connectivity index (χ2v) is 6.79. The quantitative estimate of drug-likeness (QED) is 0.732. The molecule has 0 aliphatic carbocycles. The highest BCUT2D eigenvalue weighted by atomic mass is 32.2. The Labute approximate surface area is 104 Å². The number of ether oxygens (including phenoxy) is 1. The minimum absolute atomic E-state index is 0.156. The average molecular weight is 247 g/mol. The van der Waals surface area contributed by atoms with Crippen LogP contribution in [0.1, 0.15) is 41.5 Å². The lowest BCUT2D eigenvalue weighted by Crippen LogP contribution is -2.53. The van der Waals surface area contributed by atoms with Crippen molar-refractivity contribution in [1.82, 2.24) is 5.32 Å². The summed E-state index contributed by atoms with van der Waals surface area (Å²) in [5.74, 6) is 0.567. The number of hydrogen-bond donors (Lipinski definition) is 1. The summed E-state index contributed by atoms with van der Waals surface area (Å²) in [5.41, 5.74) is -0.581. The Hall–Kier alpha value is -0.220. The van der Waals surface area contributed by atoms with Gasteiger partial charge in [-0.3, -0.25) is 4.79 Å². The number of esters is 1. The summed E-state index contributed by atoms with van der Waals surface area (Å²) in [6.45, 7) is 13.4. The van der Waals surface area contributed by atoms with Gasteiger partial charge in [-0.1, -0.05) is 27.7 Å². The molecule has 0 saturated carbocycles. The molecular weight excluding hydrogens is 222 g/mol. The Morgan fingerprint density at radius 1 is 1.25 bits per heavy atom. The molecule has 96 valence electrons. The zero-order valence-corrected chi connectivity index (χ0v) is 12.2. The average Bonchev–Trinajstić information content (AvgIpc) is 2.15. The molecule has 0 heterocycles. The molecule has 1 N–H and O–H groups in total. The van der Waals surface area contributed by atoms with Crippen molar-refractivity contribution in [1.29, 1.82) is 0 Å². The van der Waals surface area contributed by atoms with Gasteiger partial charge in [0.15, 0.2) is 0 Å². The largest absolute Gasteiger partial charge is 0.465 e. The van der Waals surface area contributed by atoms with Crippen molar-refractivity contribution in [3.05, 3.63) is 0 Å². The summed E-state index contributed by atoms with van der Waals surface area (Å²) < 4.78 is 5.27. The van der Waals surface area contributed by atoms with Crippen molar-refractivity contribution in [2.24, 2.45) is 0 Å². The van der Waals surface area contributed by atoms with Gasteiger partial charge >= 0.3 is 5.97 Å². The van der Waals surface area contributed by atoms with Crippen molar-refractivity contribution in [2.75, 3.05) is 18.9 Å². The third-order valence-electron chi connectivity index (χ3n) is 2.09. The summed E-state index contributed by atoms with van der Waals surface area (Å²) in [6.07, 6.45) is 0. The van der Waals surface area contributed by atoms with Crippen LogP contribution < -0.4 is 5.32 Å². The van der Waals surface area contributed by atoms with E-state index in [2.05, 4.69) is 26.1 Å². The van der Waals surface area contributed by atoms with Crippen LogP contribution in [0.3, 0.4) is 0 Å². The molecule has 0 amide bonds. The van der Waals surface area contributed by atoms with E-state index in [0.717, 1.165) is 12.3 Å². The van der Waals surface area contributed by atoms with Crippen LogP contribution in [0, 0.1) is 0 Å². The van der Waals surface area contributed by atoms with E-state index in [9.17, 15) is 4.79 Å². The minimum Gasteiger partial charge on any atom is -0.465 e. The number of likely N-dealkylation sites (N-methyl/N-ethyl adjacent to an activating group) is 1. The van der Waals surface area contributed by atoms with Crippen LogP contribution in [0.15, 0.2) is 0 Å². The van der Waals surface area contributed by atoms with Gasteiger partial charge in [-0.25, -0.2) is 0 Å². The number of hydrogen-bond acceptors (Lipinski definition) is 4. The van der Waals surface area contributed by atoms with Gasteiger partial charge in [-0.2, -0.15) is 11.8 Å². The van der Waals surface area contributed by atoms with Crippen molar-refractivity contribution in [3.63, 3.8) is 0 Å². The highest BCUT2D eigenvalue weighted by Crippen LogP contribution is 2.27. The number of thioether (sulfide) groups is 1. The van der Waals surface area contributed by atoms with Gasteiger partial charge in [0.05, 0.1) is 6.61 Å². The van der Waals surface area contributed by atoms with Gasteiger partial charge in [0.25, 0.3) is 0 Å². The first kappa shape index (κ1) is 15.8. The normalized spacial score (nSPS) is 15.6. The Balaban J connectivity index is 4.50. The lowest BCUT2D eigenvalue weighted by Gasteiger charge is -2.30. The lowest BCUT2D eigenvalue weighted by atomic mass is 10.1. The zero-order chi connectivity index (χ0) is 12.8. The van der Waals surface area contributed by atoms with Crippen LogP contribution in [-0.4, -0.2) is 35.2 Å². The lowest BCUT2D eigenvalue weighted by molar-refractivity contribution is -0.149. The third kappa shape index (κ3) is 5.75. The molecule has 4 heteroatoms. The van der Waals surface area contributed by atoms with E-state index in [1.54, 1.807) is 11.8 Å². The maximum absolute atomic E-state index is 11.9. The molecule has 0 radical (unpaired) electrons. The maximum Gasteiger partial charge on any atom is 0.326 e. The Morgan fingerprint density at radius 2 is 1.81 bits per heavy atom. The van der Waals surface area contributed by atoms with Crippen LogP contribution in [-0.2, 0) is 9.53 Å². The SMILES string of the molecule is CCNC(C)(CSC(C)(C)C)C(=O)OCC. The number of carbonyl (C=O) groups is 1. The summed E-state index contributed by atoms with van der Waals surface area (Å²) >= 11 is 1.77. The molecule has 0 spiro atoms. The molecule has 0 rings (SSSR count). The zero-order valence-electron chi connectivity index (χ0n) is 11.3. The van der Waals surface area contributed by atoms with Crippen LogP contribution in [0.2, 0.25) is 0 Å². The van der Waals surface area contributed by atoms with Gasteiger partial charge in [0.1, 0.15) is 5.54 Å². The summed E-state index contributed by atoms with van der Waals surface area (Å²) in [7, 11) is 0. The molecule has 0 aliphatic rings. The summed E-state index contributed by atoms with van der Waals surface area (Å²) in [6, 6.07) is 0. The first-order chi connectivity index (χ1) is 7.25. The van der Waals surface area contributed by atoms with E-state index in [-0.39, 0.29) is 10.7 Å². The second-order valence-electron chi connectivity index (χ2n) is 4.98. The summed E-state index contributed by atoms with van der Waals surface area (Å²) in [4.78, 5) is 11.9. The fourth-order valence-corrected chi connectivity index (χ4v) is 2.17. The van der Waals surface area contributed by atoms with Gasteiger partial charge in [-0.05, 0) is 20.4 Å². The fraction of sp³-hybridized carbons (Fsp3) is 0.917. The monoisotopic (exact) mass is 247 g/mol. The minimum atomic E-state index is -0.581. The van der Waals surface area contributed by atoms with Crippen molar-refractivity contribution in [2.45, 2.75) is 51.8 Å². The molecular formula is C12H25NO2S. The van der Waals surface area contributed by atoms with Crippen LogP contribution in [0.5, 0.6) is 0 Å². The van der Waals surface area contributed by atoms with Gasteiger partial charge in [0.2, 0.25) is 0 Å². The number of nitrogens with one attached hydrogen (secondary N) is 1. The molecule has 1 atom stereocenters. The van der Waals surface area contributed by atoms with Crippen molar-refractivity contribution >= 4 is 17.7 Å². The molecule has 16 heavy (non-hydrogen) atoms. The highest BCUT2D eigenvalue weighted by molar-refractivity contribution is 8.00.